The van der Waals surface area contributed by atoms with Crippen molar-refractivity contribution in [1.29, 1.82) is 0 Å². The van der Waals surface area contributed by atoms with E-state index in [1.165, 1.54) is 0 Å². The Labute approximate surface area is 168 Å². The summed E-state index contributed by atoms with van der Waals surface area (Å²) in [5, 5.41) is 0. The van der Waals surface area contributed by atoms with E-state index in [9.17, 15) is 0 Å². The van der Waals surface area contributed by atoms with E-state index in [4.69, 9.17) is 19.2 Å². The first-order valence-corrected chi connectivity index (χ1v) is 2.68. The molecule has 0 saturated carbocycles. The maximum atomic E-state index is 7.33. The fourth-order valence-electron chi connectivity index (χ4n) is 0. The summed E-state index contributed by atoms with van der Waals surface area (Å²) in [4.78, 5) is 29.3. The Balaban J connectivity index is -0.00000000178. The van der Waals surface area contributed by atoms with E-state index in [1.54, 1.807) is 0 Å². The molecule has 0 spiro atoms. The molecule has 9 heavy (non-hydrogen) atoms. The van der Waals surface area contributed by atoms with Crippen LogP contribution >= 0.6 is 0 Å². The van der Waals surface area contributed by atoms with Gasteiger partial charge in [0.15, 0.2) is 0 Å². The van der Waals surface area contributed by atoms with Gasteiger partial charge in [-0.05, 0) is 0 Å². The summed E-state index contributed by atoms with van der Waals surface area (Å²) < 4.78 is 0. The van der Waals surface area contributed by atoms with Crippen LogP contribution in [0.25, 0.3) is 0 Å². The molecular formula is H10Ca3O4SiTi. The van der Waals surface area contributed by atoms with Gasteiger partial charge >= 0.3 is 122 Å². The van der Waals surface area contributed by atoms with Crippen molar-refractivity contribution in [3.63, 3.8) is 0 Å². The first-order chi connectivity index (χ1) is 2.00. The van der Waals surface area contributed by atoms with Gasteiger partial charge in [-0.1, -0.05) is 0 Å². The zero-order valence-electron chi connectivity index (χ0n) is 10.9. The van der Waals surface area contributed by atoms with Gasteiger partial charge in [0.1, 0.15) is 0 Å². The molecule has 0 aromatic heterocycles. The van der Waals surface area contributed by atoms with E-state index in [1.807, 2.05) is 0 Å². The summed E-state index contributed by atoms with van der Waals surface area (Å²) in [5.41, 5.74) is 0. The molecule has 0 unspecified atom stereocenters. The van der Waals surface area contributed by atoms with E-state index in [2.05, 4.69) is 0 Å². The predicted molar refractivity (Wildman–Crippen MR) is 38.6 cm³/mol. The largest absolute Gasteiger partial charge is 2.00 e. The molecule has 0 heterocycles. The van der Waals surface area contributed by atoms with Crippen molar-refractivity contribution < 1.29 is 49.5 Å². The van der Waals surface area contributed by atoms with Crippen molar-refractivity contribution >= 4 is 122 Å². The minimum absolute atomic E-state index is 0. The van der Waals surface area contributed by atoms with E-state index < -0.39 is 9.05 Å². The Morgan fingerprint density at radius 3 is 0.778 bits per heavy atom. The molecule has 0 aliphatic heterocycles. The molecule has 48 valence electrons. The molecule has 0 aliphatic rings. The van der Waals surface area contributed by atoms with Crippen LogP contribution in [0.1, 0.15) is 8.56 Å². The van der Waals surface area contributed by atoms with Crippen molar-refractivity contribution in [3.8, 4) is 0 Å². The second-order valence-corrected chi connectivity index (χ2v) is 1.80. The second-order valence-electron chi connectivity index (χ2n) is 0.600. The molecule has 0 aliphatic carbocycles. The summed E-state index contributed by atoms with van der Waals surface area (Å²) in [6, 6.07) is 0. The normalized spacial score (nSPS) is 6.67. The van der Waals surface area contributed by atoms with Crippen LogP contribution in [0, 0.1) is 0 Å². The Morgan fingerprint density at radius 2 is 0.778 bits per heavy atom. The zero-order chi connectivity index (χ0) is 4.50. The standard InChI is InChI=1S/3Ca.H4O4Si.Ti.6H/c;;;1-5(2,3)4;;;;;;;/h;;;1-4H;;;;;;;/q3*+2;;;6*-1. The summed E-state index contributed by atoms with van der Waals surface area (Å²) in [5.74, 6) is 0. The van der Waals surface area contributed by atoms with Crippen LogP contribution in [0.4, 0.5) is 0 Å². The van der Waals surface area contributed by atoms with Crippen LogP contribution < -0.4 is 0 Å². The van der Waals surface area contributed by atoms with Crippen molar-refractivity contribution in [3.05, 3.63) is 0 Å². The Kier molecular flexibility index (Phi) is 48.8. The SMILES string of the molecule is O[Si](O)(O)O.[Ca+2].[Ca+2].[Ca+2].[H-].[H-].[H-].[H-].[H-].[H-].[Ti]. The van der Waals surface area contributed by atoms with Crippen molar-refractivity contribution in [2.24, 2.45) is 0 Å². The van der Waals surface area contributed by atoms with Crippen molar-refractivity contribution in [2.45, 2.75) is 0 Å². The van der Waals surface area contributed by atoms with Crippen LogP contribution in [0.5, 0.6) is 0 Å². The number of hydrogen-bond acceptors (Lipinski definition) is 4. The average molecular weight is 270 g/mol. The van der Waals surface area contributed by atoms with Gasteiger partial charge in [0, 0.05) is 21.7 Å². The Morgan fingerprint density at radius 1 is 0.778 bits per heavy atom. The molecule has 0 amide bonds. The summed E-state index contributed by atoms with van der Waals surface area (Å²) >= 11 is 0. The third-order valence-corrected chi connectivity index (χ3v) is 0. The van der Waals surface area contributed by atoms with E-state index in [0.29, 0.717) is 0 Å². The third kappa shape index (κ3) is 67.5. The quantitative estimate of drug-likeness (QED) is 0.352. The van der Waals surface area contributed by atoms with Crippen molar-refractivity contribution in [2.75, 3.05) is 0 Å². The molecule has 0 atom stereocenters. The van der Waals surface area contributed by atoms with Gasteiger partial charge in [-0.3, -0.25) is 0 Å². The number of rotatable bonds is 0. The molecule has 0 rings (SSSR count). The van der Waals surface area contributed by atoms with E-state index in [0.717, 1.165) is 0 Å². The maximum Gasteiger partial charge on any atom is 2.00 e. The average Bonchev–Trinajstić information content (AvgIpc) is 0.722. The maximum absolute atomic E-state index is 7.33. The van der Waals surface area contributed by atoms with Gasteiger partial charge < -0.3 is 27.7 Å². The fourth-order valence-corrected chi connectivity index (χ4v) is 0. The summed E-state index contributed by atoms with van der Waals surface area (Å²) in [6.45, 7) is 0. The monoisotopic (exact) mass is 270 g/mol. The molecule has 0 fully saturated rings. The molecule has 4 nitrogen and oxygen atoms in total. The van der Waals surface area contributed by atoms with E-state index in [-0.39, 0.29) is 143 Å². The van der Waals surface area contributed by atoms with E-state index >= 15 is 0 Å². The summed E-state index contributed by atoms with van der Waals surface area (Å²) in [6.07, 6.45) is 0. The molecule has 4 N–H and O–H groups in total. The molecule has 0 aromatic carbocycles. The van der Waals surface area contributed by atoms with Crippen LogP contribution in [-0.4, -0.2) is 141 Å². The molecular weight excluding hydrogens is 260 g/mol. The molecule has 0 aromatic rings. The zero-order valence-corrected chi connectivity index (χ0v) is 14.1. The minimum Gasteiger partial charge on any atom is -1.00 e. The van der Waals surface area contributed by atoms with Gasteiger partial charge in [-0.15, -0.1) is 0 Å². The van der Waals surface area contributed by atoms with Gasteiger partial charge in [0.2, 0.25) is 0 Å². The van der Waals surface area contributed by atoms with Gasteiger partial charge in [-0.25, -0.2) is 0 Å². The van der Waals surface area contributed by atoms with Gasteiger partial charge in [0.25, 0.3) is 0 Å². The number of hydrogen-bond donors (Lipinski definition) is 4. The molecule has 0 radical (unpaired) electrons. The van der Waals surface area contributed by atoms with Gasteiger partial charge in [0.05, 0.1) is 0 Å². The minimum atomic E-state index is -4.61. The van der Waals surface area contributed by atoms with Crippen LogP contribution in [0.2, 0.25) is 0 Å². The van der Waals surface area contributed by atoms with Crippen LogP contribution in [0.3, 0.4) is 0 Å². The Bertz CT molecular complexity index is 45.8. The van der Waals surface area contributed by atoms with Gasteiger partial charge in [-0.2, -0.15) is 0 Å². The first-order valence-electron chi connectivity index (χ1n) is 0.894. The van der Waals surface area contributed by atoms with Crippen molar-refractivity contribution in [1.82, 2.24) is 0 Å². The Hall–Kier alpha value is 4.55. The molecule has 0 bridgehead atoms. The summed E-state index contributed by atoms with van der Waals surface area (Å²) in [7, 11) is -4.61. The second kappa shape index (κ2) is 15.0. The predicted octanol–water partition coefficient (Wildman–Crippen LogP) is -3.08. The molecule has 0 saturated heterocycles. The van der Waals surface area contributed by atoms with Crippen LogP contribution in [0.15, 0.2) is 0 Å². The fraction of sp³-hybridized carbons (Fsp3) is 0. The smallest absolute Gasteiger partial charge is 1.00 e. The third-order valence-electron chi connectivity index (χ3n) is 0. The molecule has 9 heteroatoms. The first kappa shape index (κ1) is 29.2. The topological polar surface area (TPSA) is 80.9 Å². The van der Waals surface area contributed by atoms with Crippen LogP contribution in [-0.2, 0) is 21.7 Å².